The molecule has 0 saturated carbocycles. The monoisotopic (exact) mass is 372 g/mol. The van der Waals surface area contributed by atoms with Crippen LogP contribution in [0.25, 0.3) is 0 Å². The molecule has 0 spiro atoms. The van der Waals surface area contributed by atoms with Gasteiger partial charge in [-0.15, -0.1) is 0 Å². The Hall–Kier alpha value is -3.21. The number of hydrogen-bond donors (Lipinski definition) is 1. The van der Waals surface area contributed by atoms with Gasteiger partial charge in [0, 0.05) is 18.8 Å². The number of anilines is 2. The number of hydrogen-bond acceptors (Lipinski definition) is 4. The summed E-state index contributed by atoms with van der Waals surface area (Å²) in [5.74, 6) is 0.572. The second kappa shape index (κ2) is 7.80. The Kier molecular flexibility index (Phi) is 5.06. The maximum Gasteiger partial charge on any atom is 0.275 e. The zero-order chi connectivity index (χ0) is 19.5. The van der Waals surface area contributed by atoms with Gasteiger partial charge in [0.25, 0.3) is 5.91 Å². The molecule has 1 aliphatic heterocycles. The molecular formula is C23H24N4O. The molecule has 0 aliphatic carbocycles. The predicted molar refractivity (Wildman–Crippen MR) is 112 cm³/mol. The Morgan fingerprint density at radius 1 is 1.07 bits per heavy atom. The van der Waals surface area contributed by atoms with Crippen LogP contribution in [0.5, 0.6) is 0 Å². The summed E-state index contributed by atoms with van der Waals surface area (Å²) in [6.45, 7) is 5.80. The predicted octanol–water partition coefficient (Wildman–Crippen LogP) is 4.16. The summed E-state index contributed by atoms with van der Waals surface area (Å²) >= 11 is 0. The molecule has 0 radical (unpaired) electrons. The van der Waals surface area contributed by atoms with Crippen molar-refractivity contribution in [3.63, 3.8) is 0 Å². The molecule has 142 valence electrons. The lowest BCUT2D eigenvalue weighted by Crippen LogP contribution is -2.31. The molecule has 0 fully saturated rings. The molecule has 0 unspecified atom stereocenters. The lowest BCUT2D eigenvalue weighted by molar-refractivity contribution is 0.102. The third-order valence-electron chi connectivity index (χ3n) is 5.30. The quantitative estimate of drug-likeness (QED) is 0.747. The minimum Gasteiger partial charge on any atom is -0.351 e. The average Bonchev–Trinajstić information content (AvgIpc) is 2.75. The Balaban J connectivity index is 1.49. The lowest BCUT2D eigenvalue weighted by atomic mass is 10.0. The van der Waals surface area contributed by atoms with Crippen LogP contribution in [0, 0.1) is 6.92 Å². The first-order valence-corrected chi connectivity index (χ1v) is 9.69. The molecule has 0 saturated heterocycles. The first-order valence-electron chi connectivity index (χ1n) is 9.69. The fourth-order valence-corrected chi connectivity index (χ4v) is 3.67. The number of carbonyl (C=O) groups is 1. The van der Waals surface area contributed by atoms with Crippen molar-refractivity contribution in [3.8, 4) is 0 Å². The molecule has 4 rings (SSSR count). The highest BCUT2D eigenvalue weighted by Crippen LogP contribution is 2.23. The van der Waals surface area contributed by atoms with Crippen molar-refractivity contribution in [2.24, 2.45) is 0 Å². The minimum absolute atomic E-state index is 0.230. The molecular weight excluding hydrogens is 348 g/mol. The molecule has 0 atom stereocenters. The fraction of sp³-hybridized carbons (Fsp3) is 0.261. The molecule has 3 aromatic rings. The minimum atomic E-state index is -0.230. The maximum absolute atomic E-state index is 12.7. The number of nitrogens with zero attached hydrogens (tertiary/aromatic N) is 3. The van der Waals surface area contributed by atoms with E-state index in [4.69, 9.17) is 0 Å². The van der Waals surface area contributed by atoms with E-state index in [9.17, 15) is 4.79 Å². The van der Waals surface area contributed by atoms with Gasteiger partial charge in [-0.2, -0.15) is 0 Å². The normalized spacial score (nSPS) is 13.1. The van der Waals surface area contributed by atoms with E-state index in [1.54, 1.807) is 12.4 Å². The maximum atomic E-state index is 12.7. The lowest BCUT2D eigenvalue weighted by Gasteiger charge is -2.29. The summed E-state index contributed by atoms with van der Waals surface area (Å²) in [7, 11) is 0. The van der Waals surface area contributed by atoms with Gasteiger partial charge in [-0.25, -0.2) is 9.97 Å². The summed E-state index contributed by atoms with van der Waals surface area (Å²) < 4.78 is 0. The van der Waals surface area contributed by atoms with Gasteiger partial charge in [0.1, 0.15) is 11.5 Å². The highest BCUT2D eigenvalue weighted by Gasteiger charge is 2.18. The summed E-state index contributed by atoms with van der Waals surface area (Å²) in [6.07, 6.45) is 5.11. The fourth-order valence-electron chi connectivity index (χ4n) is 3.67. The van der Waals surface area contributed by atoms with Crippen molar-refractivity contribution >= 4 is 17.4 Å². The zero-order valence-electron chi connectivity index (χ0n) is 16.3. The summed E-state index contributed by atoms with van der Waals surface area (Å²) in [4.78, 5) is 23.7. The van der Waals surface area contributed by atoms with Crippen LogP contribution in [0.3, 0.4) is 0 Å². The molecule has 5 nitrogen and oxygen atoms in total. The van der Waals surface area contributed by atoms with Gasteiger partial charge in [0.2, 0.25) is 0 Å². The smallest absolute Gasteiger partial charge is 0.275 e. The second-order valence-corrected chi connectivity index (χ2v) is 7.12. The average molecular weight is 372 g/mol. The van der Waals surface area contributed by atoms with E-state index in [1.807, 2.05) is 25.1 Å². The SMILES string of the molecule is CCc1cccc(C)c1NC(=O)c1cnc(N2CCc3ccccc3C2)cn1. The number of amides is 1. The van der Waals surface area contributed by atoms with Gasteiger partial charge in [0.15, 0.2) is 0 Å². The molecule has 1 aromatic heterocycles. The number of aryl methyl sites for hydroxylation is 2. The molecule has 5 heteroatoms. The summed E-state index contributed by atoms with van der Waals surface area (Å²) in [6, 6.07) is 14.5. The third kappa shape index (κ3) is 3.60. The van der Waals surface area contributed by atoms with Crippen LogP contribution < -0.4 is 10.2 Å². The highest BCUT2D eigenvalue weighted by atomic mass is 16.1. The van der Waals surface area contributed by atoms with Crippen molar-refractivity contribution in [2.45, 2.75) is 33.2 Å². The standard InChI is InChI=1S/C23H24N4O/c1-3-17-10-6-7-16(2)22(17)26-23(28)20-13-25-21(14-24-20)27-12-11-18-8-4-5-9-19(18)15-27/h4-10,13-14H,3,11-12,15H2,1-2H3,(H,26,28). The van der Waals surface area contributed by atoms with E-state index in [-0.39, 0.29) is 5.91 Å². The van der Waals surface area contributed by atoms with E-state index in [1.165, 1.54) is 11.1 Å². The second-order valence-electron chi connectivity index (χ2n) is 7.12. The number of rotatable bonds is 4. The number of fused-ring (bicyclic) bond motifs is 1. The number of aromatic nitrogens is 2. The van der Waals surface area contributed by atoms with E-state index >= 15 is 0 Å². The van der Waals surface area contributed by atoms with Crippen LogP contribution in [0.2, 0.25) is 0 Å². The molecule has 2 aromatic carbocycles. The molecule has 1 amide bonds. The van der Waals surface area contributed by atoms with E-state index in [2.05, 4.69) is 51.4 Å². The molecule has 28 heavy (non-hydrogen) atoms. The van der Waals surface area contributed by atoms with Crippen molar-refractivity contribution in [3.05, 3.63) is 82.8 Å². The van der Waals surface area contributed by atoms with Crippen LogP contribution in [0.1, 0.15) is 39.7 Å². The number of para-hydroxylation sites is 1. The van der Waals surface area contributed by atoms with E-state index < -0.39 is 0 Å². The summed E-state index contributed by atoms with van der Waals surface area (Å²) in [5.41, 5.74) is 6.07. The van der Waals surface area contributed by atoms with E-state index in [0.717, 1.165) is 48.6 Å². The van der Waals surface area contributed by atoms with Gasteiger partial charge in [-0.3, -0.25) is 4.79 Å². The molecule has 0 bridgehead atoms. The Morgan fingerprint density at radius 3 is 2.64 bits per heavy atom. The number of carbonyl (C=O) groups excluding carboxylic acids is 1. The largest absolute Gasteiger partial charge is 0.351 e. The Labute approximate surface area is 165 Å². The van der Waals surface area contributed by atoms with Gasteiger partial charge in [-0.05, 0) is 42.0 Å². The van der Waals surface area contributed by atoms with Crippen LogP contribution in [0.15, 0.2) is 54.9 Å². The van der Waals surface area contributed by atoms with Crippen molar-refractivity contribution in [1.82, 2.24) is 9.97 Å². The topological polar surface area (TPSA) is 58.1 Å². The highest BCUT2D eigenvalue weighted by molar-refractivity contribution is 6.03. The van der Waals surface area contributed by atoms with Crippen molar-refractivity contribution in [1.29, 1.82) is 0 Å². The third-order valence-corrected chi connectivity index (χ3v) is 5.30. The van der Waals surface area contributed by atoms with Crippen LogP contribution in [0.4, 0.5) is 11.5 Å². The molecule has 1 N–H and O–H groups in total. The zero-order valence-corrected chi connectivity index (χ0v) is 16.3. The van der Waals surface area contributed by atoms with E-state index in [0.29, 0.717) is 5.69 Å². The number of benzene rings is 2. The van der Waals surface area contributed by atoms with Gasteiger partial charge < -0.3 is 10.2 Å². The van der Waals surface area contributed by atoms with Gasteiger partial charge >= 0.3 is 0 Å². The van der Waals surface area contributed by atoms with Gasteiger partial charge in [0.05, 0.1) is 12.4 Å². The summed E-state index contributed by atoms with van der Waals surface area (Å²) in [5, 5.41) is 3.00. The van der Waals surface area contributed by atoms with Crippen LogP contribution in [-0.2, 0) is 19.4 Å². The Morgan fingerprint density at radius 2 is 1.89 bits per heavy atom. The first-order chi connectivity index (χ1) is 13.7. The van der Waals surface area contributed by atoms with Crippen molar-refractivity contribution in [2.75, 3.05) is 16.8 Å². The van der Waals surface area contributed by atoms with Crippen LogP contribution >= 0.6 is 0 Å². The molecule has 1 aliphatic rings. The van der Waals surface area contributed by atoms with Crippen molar-refractivity contribution < 1.29 is 4.79 Å². The first kappa shape index (κ1) is 18.2. The van der Waals surface area contributed by atoms with Gasteiger partial charge in [-0.1, -0.05) is 49.4 Å². The number of nitrogens with one attached hydrogen (secondary N) is 1. The van der Waals surface area contributed by atoms with Crippen LogP contribution in [-0.4, -0.2) is 22.4 Å². The molecule has 2 heterocycles. The Bertz CT molecular complexity index is 998.